The maximum absolute atomic E-state index is 12.2. The number of rotatable bonds is 6. The lowest BCUT2D eigenvalue weighted by molar-refractivity contribution is -0.359. The van der Waals surface area contributed by atoms with Gasteiger partial charge in [0.1, 0.15) is 18.3 Å². The molecule has 0 aromatic heterocycles. The van der Waals surface area contributed by atoms with Gasteiger partial charge in [0, 0.05) is 5.56 Å². The second-order valence-electron chi connectivity index (χ2n) is 6.67. The number of hydrogen-bond donors (Lipinski definition) is 2. The van der Waals surface area contributed by atoms with E-state index in [1.165, 1.54) is 6.08 Å². The first kappa shape index (κ1) is 23.6. The number of benzene rings is 1. The number of carbonyl (C=O) groups is 1. The minimum Gasteiger partial charge on any atom is -0.438 e. The van der Waals surface area contributed by atoms with Crippen LogP contribution in [0.1, 0.15) is 11.9 Å². The lowest BCUT2D eigenvalue weighted by atomic mass is 9.97. The third kappa shape index (κ3) is 6.21. The van der Waals surface area contributed by atoms with Crippen molar-refractivity contribution in [2.45, 2.75) is 40.8 Å². The topological polar surface area (TPSA) is 95.5 Å². The zero-order valence-corrected chi connectivity index (χ0v) is 18.1. The number of nitrogens with one attached hydrogen (secondary N) is 1. The smallest absolute Gasteiger partial charge is 0.407 e. The molecule has 8 nitrogen and oxygen atoms in total. The van der Waals surface area contributed by atoms with Crippen molar-refractivity contribution in [2.24, 2.45) is 0 Å². The molecular weight excluding hydrogens is 461 g/mol. The number of carbonyl (C=O) groups excluding carboxylic acids is 1. The highest BCUT2D eigenvalue weighted by Crippen LogP contribution is 2.35. The van der Waals surface area contributed by atoms with Crippen LogP contribution in [0.25, 0.3) is 0 Å². The minimum atomic E-state index is -1.70. The predicted molar refractivity (Wildman–Crippen MR) is 109 cm³/mol. The van der Waals surface area contributed by atoms with E-state index in [4.69, 9.17) is 58.5 Å². The maximum atomic E-state index is 12.2. The summed E-state index contributed by atoms with van der Waals surface area (Å²) < 4.78 is 26.6. The Morgan fingerprint density at radius 1 is 1.30 bits per heavy atom. The first-order chi connectivity index (χ1) is 14.3. The van der Waals surface area contributed by atoms with Gasteiger partial charge in [-0.05, 0) is 0 Å². The van der Waals surface area contributed by atoms with E-state index in [2.05, 4.69) is 11.9 Å². The summed E-state index contributed by atoms with van der Waals surface area (Å²) in [4.78, 5) is 12.2. The average molecular weight is 483 g/mol. The molecule has 1 aromatic carbocycles. The summed E-state index contributed by atoms with van der Waals surface area (Å²) in [6.45, 7) is 3.55. The number of aliphatic hydroxyl groups excluding tert-OH is 1. The van der Waals surface area contributed by atoms with Crippen LogP contribution in [-0.4, -0.2) is 65.5 Å². The van der Waals surface area contributed by atoms with Crippen molar-refractivity contribution >= 4 is 40.9 Å². The van der Waals surface area contributed by atoms with Gasteiger partial charge in [-0.3, -0.25) is 0 Å². The molecule has 2 aliphatic rings. The molecule has 0 spiro atoms. The van der Waals surface area contributed by atoms with Crippen molar-refractivity contribution < 1.29 is 33.6 Å². The molecule has 0 saturated carbocycles. The van der Waals surface area contributed by atoms with Crippen LogP contribution in [0.5, 0.6) is 0 Å². The average Bonchev–Trinajstić information content (AvgIpc) is 2.73. The number of aliphatic hydroxyl groups is 1. The van der Waals surface area contributed by atoms with Crippen LogP contribution in [0.2, 0.25) is 0 Å². The molecule has 2 heterocycles. The monoisotopic (exact) mass is 481 g/mol. The van der Waals surface area contributed by atoms with Crippen molar-refractivity contribution in [1.82, 2.24) is 5.32 Å². The molecule has 0 aliphatic carbocycles. The van der Waals surface area contributed by atoms with E-state index in [1.54, 1.807) is 0 Å². The standard InChI is InChI=1S/C19H22Cl3NO7/c1-2-8-26-17-15(30-18(25)23-10-19(20,21)22)13(24)14-12(28-17)9-27-16(29-14)11-6-4-3-5-7-11/h2-7,12-17,24H,1,8-10H2,(H,23,25)/t12-,13?,14-,15-,16?,17+/m1/s1. The Morgan fingerprint density at radius 2 is 2.03 bits per heavy atom. The van der Waals surface area contributed by atoms with Crippen LogP contribution >= 0.6 is 34.8 Å². The van der Waals surface area contributed by atoms with Crippen LogP contribution in [0.15, 0.2) is 43.0 Å². The fraction of sp³-hybridized carbons (Fsp3) is 0.526. The Balaban J connectivity index is 1.70. The number of ether oxygens (including phenoxy) is 5. The summed E-state index contributed by atoms with van der Waals surface area (Å²) in [5.41, 5.74) is 0.783. The van der Waals surface area contributed by atoms with Crippen molar-refractivity contribution in [3.05, 3.63) is 48.6 Å². The van der Waals surface area contributed by atoms with Crippen molar-refractivity contribution in [2.75, 3.05) is 19.8 Å². The molecule has 1 amide bonds. The molecule has 30 heavy (non-hydrogen) atoms. The summed E-state index contributed by atoms with van der Waals surface area (Å²) in [7, 11) is 0. The lowest BCUT2D eigenvalue weighted by Gasteiger charge is -2.47. The first-order valence-electron chi connectivity index (χ1n) is 9.18. The van der Waals surface area contributed by atoms with Gasteiger partial charge in [-0.25, -0.2) is 4.79 Å². The van der Waals surface area contributed by atoms with Gasteiger partial charge in [0.2, 0.25) is 3.79 Å². The third-order valence-corrected chi connectivity index (χ3v) is 4.84. The fourth-order valence-electron chi connectivity index (χ4n) is 3.11. The van der Waals surface area contributed by atoms with E-state index >= 15 is 0 Å². The SMILES string of the molecule is C=CCO[C@H]1O[C@@H]2COC(c3ccccc3)O[C@H]2C(O)[C@H]1OC(=O)NCC(Cl)(Cl)Cl. The van der Waals surface area contributed by atoms with Gasteiger partial charge < -0.3 is 34.1 Å². The van der Waals surface area contributed by atoms with Gasteiger partial charge in [0.15, 0.2) is 18.7 Å². The highest BCUT2D eigenvalue weighted by atomic mass is 35.6. The quantitative estimate of drug-likeness (QED) is 0.475. The van der Waals surface area contributed by atoms with E-state index in [9.17, 15) is 9.90 Å². The molecule has 3 rings (SSSR count). The molecule has 2 saturated heterocycles. The van der Waals surface area contributed by atoms with Crippen molar-refractivity contribution in [3.8, 4) is 0 Å². The van der Waals surface area contributed by atoms with Crippen LogP contribution in [0.3, 0.4) is 0 Å². The summed E-state index contributed by atoms with van der Waals surface area (Å²) in [6, 6.07) is 9.25. The van der Waals surface area contributed by atoms with Crippen LogP contribution in [-0.2, 0) is 23.7 Å². The molecule has 2 aliphatic heterocycles. The highest BCUT2D eigenvalue weighted by molar-refractivity contribution is 6.67. The van der Waals surface area contributed by atoms with E-state index < -0.39 is 46.9 Å². The van der Waals surface area contributed by atoms with Gasteiger partial charge in [0.25, 0.3) is 0 Å². The minimum absolute atomic E-state index is 0.110. The Morgan fingerprint density at radius 3 is 2.70 bits per heavy atom. The molecule has 0 bridgehead atoms. The number of amides is 1. The maximum Gasteiger partial charge on any atom is 0.407 e. The normalized spacial score (nSPS) is 31.5. The Kier molecular flexibility index (Phi) is 8.23. The molecular formula is C19H22Cl3NO7. The van der Waals surface area contributed by atoms with E-state index in [1.807, 2.05) is 30.3 Å². The lowest BCUT2D eigenvalue weighted by Crippen LogP contribution is -2.63. The van der Waals surface area contributed by atoms with Gasteiger partial charge in [-0.15, -0.1) is 6.58 Å². The van der Waals surface area contributed by atoms with Crippen molar-refractivity contribution in [3.63, 3.8) is 0 Å². The van der Waals surface area contributed by atoms with Gasteiger partial charge in [-0.2, -0.15) is 0 Å². The molecule has 6 atom stereocenters. The zero-order chi connectivity index (χ0) is 21.7. The molecule has 1 aromatic rings. The van der Waals surface area contributed by atoms with Gasteiger partial charge >= 0.3 is 6.09 Å². The molecule has 11 heteroatoms. The zero-order valence-electron chi connectivity index (χ0n) is 15.8. The number of fused-ring (bicyclic) bond motifs is 1. The molecule has 0 radical (unpaired) electrons. The largest absolute Gasteiger partial charge is 0.438 e. The fourth-order valence-corrected chi connectivity index (χ4v) is 3.31. The summed E-state index contributed by atoms with van der Waals surface area (Å²) in [6.07, 6.45) is -5.08. The summed E-state index contributed by atoms with van der Waals surface area (Å²) in [5.74, 6) is 0. The molecule has 166 valence electrons. The van der Waals surface area contributed by atoms with E-state index in [-0.39, 0.29) is 19.8 Å². The second kappa shape index (κ2) is 10.5. The third-order valence-electron chi connectivity index (χ3n) is 4.44. The number of halogens is 3. The Labute approximate surface area is 188 Å². The first-order valence-corrected chi connectivity index (χ1v) is 10.3. The van der Waals surface area contributed by atoms with Crippen molar-refractivity contribution in [1.29, 1.82) is 0 Å². The molecule has 2 fully saturated rings. The van der Waals surface area contributed by atoms with E-state index in [0.717, 1.165) is 5.56 Å². The number of hydrogen-bond acceptors (Lipinski definition) is 7. The van der Waals surface area contributed by atoms with Gasteiger partial charge in [-0.1, -0.05) is 71.2 Å². The molecule has 2 unspecified atom stereocenters. The summed E-state index contributed by atoms with van der Waals surface area (Å²) in [5, 5.41) is 13.2. The summed E-state index contributed by atoms with van der Waals surface area (Å²) >= 11 is 16.9. The predicted octanol–water partition coefficient (Wildman–Crippen LogP) is 2.85. The Hall–Kier alpha value is -1.10. The second-order valence-corrected chi connectivity index (χ2v) is 9.19. The molecule has 2 N–H and O–H groups in total. The number of alkyl carbamates (subject to hydrolysis) is 1. The number of alkyl halides is 3. The van der Waals surface area contributed by atoms with Crippen LogP contribution in [0.4, 0.5) is 4.79 Å². The van der Waals surface area contributed by atoms with E-state index in [0.29, 0.717) is 0 Å². The highest BCUT2D eigenvalue weighted by Gasteiger charge is 2.51. The van der Waals surface area contributed by atoms with Crippen LogP contribution < -0.4 is 5.32 Å². The Bertz CT molecular complexity index is 718. The van der Waals surface area contributed by atoms with Gasteiger partial charge in [0.05, 0.1) is 19.8 Å². The van der Waals surface area contributed by atoms with Crippen LogP contribution in [0, 0.1) is 0 Å².